The fraction of sp³-hybridized carbons (Fsp3) is 0.571. The van der Waals surface area contributed by atoms with Gasteiger partial charge in [-0.2, -0.15) is 0 Å². The van der Waals surface area contributed by atoms with Gasteiger partial charge >= 0.3 is 0 Å². The van der Waals surface area contributed by atoms with Gasteiger partial charge in [-0.3, -0.25) is 9.52 Å². The topological polar surface area (TPSA) is 32.3 Å². The van der Waals surface area contributed by atoms with Crippen molar-refractivity contribution in [3.05, 3.63) is 12.2 Å². The van der Waals surface area contributed by atoms with Gasteiger partial charge in [0.25, 0.3) is 5.91 Å². The molecule has 1 N–H and O–H groups in total. The van der Waals surface area contributed by atoms with Crippen molar-refractivity contribution >= 4 is 26.7 Å². The van der Waals surface area contributed by atoms with Gasteiger partial charge in [-0.1, -0.05) is 6.08 Å². The van der Waals surface area contributed by atoms with E-state index < -0.39 is 9.64 Å². The SMILES string of the molecule is CN(C)C/C=C/C(=O)NS(C)=S. The van der Waals surface area contributed by atoms with Crippen LogP contribution < -0.4 is 4.72 Å². The molecule has 0 rings (SSSR count). The second-order valence-corrected chi connectivity index (χ2v) is 5.20. The molecule has 0 aromatic heterocycles. The summed E-state index contributed by atoms with van der Waals surface area (Å²) in [5.41, 5.74) is 0. The Morgan fingerprint density at radius 3 is 2.67 bits per heavy atom. The zero-order chi connectivity index (χ0) is 9.56. The minimum atomic E-state index is -0.441. The minimum Gasteiger partial charge on any atom is -0.306 e. The summed E-state index contributed by atoms with van der Waals surface area (Å²) in [4.78, 5) is 12.9. The zero-order valence-electron chi connectivity index (χ0n) is 7.53. The summed E-state index contributed by atoms with van der Waals surface area (Å²) >= 11 is 4.81. The van der Waals surface area contributed by atoms with E-state index in [0.29, 0.717) is 0 Å². The van der Waals surface area contributed by atoms with Crippen LogP contribution in [0.1, 0.15) is 0 Å². The molecule has 5 heteroatoms. The van der Waals surface area contributed by atoms with Crippen LogP contribution in [-0.4, -0.2) is 37.7 Å². The molecule has 0 radical (unpaired) electrons. The van der Waals surface area contributed by atoms with Crippen molar-refractivity contribution in [2.75, 3.05) is 26.9 Å². The Morgan fingerprint density at radius 1 is 1.67 bits per heavy atom. The third-order valence-corrected chi connectivity index (χ3v) is 1.72. The second kappa shape index (κ2) is 6.28. The van der Waals surface area contributed by atoms with Crippen LogP contribution in [0, 0.1) is 0 Å². The quantitative estimate of drug-likeness (QED) is 0.649. The Hall–Kier alpha value is -0.260. The first-order chi connectivity index (χ1) is 5.52. The summed E-state index contributed by atoms with van der Waals surface area (Å²) in [6.45, 7) is 0.766. The van der Waals surface area contributed by atoms with E-state index in [9.17, 15) is 4.79 Å². The lowest BCUT2D eigenvalue weighted by atomic mass is 10.4. The summed E-state index contributed by atoms with van der Waals surface area (Å²) in [5.74, 6) is -0.113. The fourth-order valence-corrected chi connectivity index (χ4v) is 1.14. The summed E-state index contributed by atoms with van der Waals surface area (Å²) in [6.07, 6.45) is 5.10. The lowest BCUT2D eigenvalue weighted by Crippen LogP contribution is -2.22. The molecule has 12 heavy (non-hydrogen) atoms. The van der Waals surface area contributed by atoms with Crippen molar-refractivity contribution in [3.8, 4) is 0 Å². The van der Waals surface area contributed by atoms with Crippen LogP contribution in [-0.2, 0) is 25.6 Å². The van der Waals surface area contributed by atoms with Gasteiger partial charge in [0.15, 0.2) is 0 Å². The molecule has 0 aliphatic rings. The van der Waals surface area contributed by atoms with E-state index in [1.54, 1.807) is 12.3 Å². The molecule has 70 valence electrons. The number of carbonyl (C=O) groups excluding carboxylic acids is 1. The highest BCUT2D eigenvalue weighted by Crippen LogP contribution is 1.79. The molecule has 0 heterocycles. The first-order valence-electron chi connectivity index (χ1n) is 3.47. The molecule has 0 aromatic rings. The molecule has 3 nitrogen and oxygen atoms in total. The molecule has 1 amide bonds. The van der Waals surface area contributed by atoms with Crippen molar-refractivity contribution in [1.29, 1.82) is 0 Å². The van der Waals surface area contributed by atoms with Gasteiger partial charge in [0, 0.05) is 18.9 Å². The van der Waals surface area contributed by atoms with Crippen LogP contribution in [0.4, 0.5) is 0 Å². The highest BCUT2D eigenvalue weighted by molar-refractivity contribution is 8.27. The Bertz CT molecular complexity index is 202. The van der Waals surface area contributed by atoms with Crippen LogP contribution in [0.5, 0.6) is 0 Å². The number of hydrogen-bond acceptors (Lipinski definition) is 3. The van der Waals surface area contributed by atoms with Gasteiger partial charge in [-0.15, -0.1) is 0 Å². The number of amides is 1. The third-order valence-electron chi connectivity index (χ3n) is 0.984. The van der Waals surface area contributed by atoms with E-state index in [4.69, 9.17) is 11.2 Å². The Kier molecular flexibility index (Phi) is 6.14. The number of carbonyl (C=O) groups is 1. The van der Waals surface area contributed by atoms with E-state index in [2.05, 4.69) is 4.72 Å². The lowest BCUT2D eigenvalue weighted by Gasteiger charge is -2.03. The molecule has 0 fully saturated rings. The summed E-state index contributed by atoms with van der Waals surface area (Å²) in [5, 5.41) is 0. The molecule has 1 atom stereocenters. The zero-order valence-corrected chi connectivity index (χ0v) is 9.17. The van der Waals surface area contributed by atoms with Crippen molar-refractivity contribution < 1.29 is 4.79 Å². The maximum atomic E-state index is 11.0. The molecule has 0 spiro atoms. The Morgan fingerprint density at radius 2 is 2.25 bits per heavy atom. The minimum absolute atomic E-state index is 0.113. The van der Waals surface area contributed by atoms with Crippen molar-refractivity contribution in [2.24, 2.45) is 0 Å². The van der Waals surface area contributed by atoms with Gasteiger partial charge in [0.05, 0.1) is 0 Å². The first kappa shape index (κ1) is 11.7. The van der Waals surface area contributed by atoms with Crippen molar-refractivity contribution in [2.45, 2.75) is 0 Å². The van der Waals surface area contributed by atoms with E-state index in [-0.39, 0.29) is 5.91 Å². The summed E-state index contributed by atoms with van der Waals surface area (Å²) < 4.78 is 2.61. The molecule has 0 bridgehead atoms. The smallest absolute Gasteiger partial charge is 0.253 e. The molecule has 0 saturated carbocycles. The number of nitrogens with one attached hydrogen (secondary N) is 1. The van der Waals surface area contributed by atoms with Crippen LogP contribution in [0.3, 0.4) is 0 Å². The predicted octanol–water partition coefficient (Wildman–Crippen LogP) is -0.155. The van der Waals surface area contributed by atoms with E-state index in [1.807, 2.05) is 19.0 Å². The van der Waals surface area contributed by atoms with Crippen molar-refractivity contribution in [3.63, 3.8) is 0 Å². The van der Waals surface area contributed by atoms with E-state index in [1.165, 1.54) is 6.08 Å². The summed E-state index contributed by atoms with van der Waals surface area (Å²) in [6, 6.07) is 0. The van der Waals surface area contributed by atoms with Gasteiger partial charge in [-0.25, -0.2) is 0 Å². The molecule has 0 saturated heterocycles. The number of hydrogen-bond donors (Lipinski definition) is 1. The monoisotopic (exact) mass is 206 g/mol. The van der Waals surface area contributed by atoms with Crippen LogP contribution in [0.25, 0.3) is 0 Å². The first-order valence-corrected chi connectivity index (χ1v) is 6.03. The van der Waals surface area contributed by atoms with Gasteiger partial charge in [0.2, 0.25) is 0 Å². The molecule has 0 aromatic carbocycles. The fourth-order valence-electron chi connectivity index (χ4n) is 0.546. The van der Waals surface area contributed by atoms with Crippen LogP contribution in [0.2, 0.25) is 0 Å². The molecule has 0 aliphatic heterocycles. The van der Waals surface area contributed by atoms with Crippen LogP contribution >= 0.6 is 0 Å². The molecule has 1 unspecified atom stereocenters. The van der Waals surface area contributed by atoms with Gasteiger partial charge in [-0.05, 0) is 34.9 Å². The maximum Gasteiger partial charge on any atom is 0.253 e. The average molecular weight is 206 g/mol. The number of nitrogens with zero attached hydrogens (tertiary/aromatic N) is 1. The third kappa shape index (κ3) is 7.84. The van der Waals surface area contributed by atoms with Crippen LogP contribution in [0.15, 0.2) is 12.2 Å². The highest BCUT2D eigenvalue weighted by Gasteiger charge is 1.92. The van der Waals surface area contributed by atoms with Crippen molar-refractivity contribution in [1.82, 2.24) is 9.62 Å². The Balaban J connectivity index is 3.68. The molecule has 0 aliphatic carbocycles. The van der Waals surface area contributed by atoms with Gasteiger partial charge < -0.3 is 4.90 Å². The highest BCUT2D eigenvalue weighted by atomic mass is 32.8. The summed E-state index contributed by atoms with van der Waals surface area (Å²) in [7, 11) is 3.45. The standard InChI is InChI=1S/C7H14N2OS2/c1-9(2)6-4-5-7(10)8-12(3)11/h4-5H,6H2,1-3H3,(H,8,10)/b5-4+. The maximum absolute atomic E-state index is 11.0. The van der Waals surface area contributed by atoms with E-state index >= 15 is 0 Å². The molecular formula is C7H14N2OS2. The predicted molar refractivity (Wildman–Crippen MR) is 56.5 cm³/mol. The second-order valence-electron chi connectivity index (χ2n) is 2.59. The van der Waals surface area contributed by atoms with Gasteiger partial charge in [0.1, 0.15) is 0 Å². The lowest BCUT2D eigenvalue weighted by molar-refractivity contribution is -0.114. The number of rotatable bonds is 4. The number of likely N-dealkylation sites (N-methyl/N-ethyl adjacent to an activating group) is 1. The largest absolute Gasteiger partial charge is 0.306 e. The Labute approximate surface area is 80.5 Å². The van der Waals surface area contributed by atoms with E-state index in [0.717, 1.165) is 6.54 Å². The average Bonchev–Trinajstić information content (AvgIpc) is 1.84. The normalized spacial score (nSPS) is 13.7. The molecular weight excluding hydrogens is 192 g/mol.